The summed E-state index contributed by atoms with van der Waals surface area (Å²) in [5, 5.41) is 8.69. The van der Waals surface area contributed by atoms with Gasteiger partial charge >= 0.3 is 11.9 Å². The topological polar surface area (TPSA) is 63.6 Å². The third-order valence-corrected chi connectivity index (χ3v) is 8.68. The van der Waals surface area contributed by atoms with E-state index in [-0.39, 0.29) is 12.1 Å². The van der Waals surface area contributed by atoms with Crippen LogP contribution in [0.5, 0.6) is 0 Å². The number of rotatable bonds is 35. The molecule has 0 bridgehead atoms. The lowest BCUT2D eigenvalue weighted by atomic mass is 10.0. The predicted octanol–water partition coefficient (Wildman–Crippen LogP) is 13.2. The average molecular weight is 619 g/mol. The van der Waals surface area contributed by atoms with Crippen LogP contribution in [0.1, 0.15) is 213 Å². The molecule has 0 radical (unpaired) electrons. The van der Waals surface area contributed by atoms with Crippen molar-refractivity contribution in [1.82, 2.24) is 0 Å². The van der Waals surface area contributed by atoms with Crippen molar-refractivity contribution in [3.8, 4) is 0 Å². The first-order valence-electron chi connectivity index (χ1n) is 19.3. The molecule has 0 aliphatic rings. The Kier molecular flexibility index (Phi) is 34.6. The Bertz CT molecular complexity index is 668. The first-order valence-corrected chi connectivity index (χ1v) is 19.3. The van der Waals surface area contributed by atoms with Crippen LogP contribution in [-0.4, -0.2) is 23.1 Å². The fourth-order valence-electron chi connectivity index (χ4n) is 5.79. The Morgan fingerprint density at radius 1 is 0.500 bits per heavy atom. The molecule has 1 N–H and O–H groups in total. The van der Waals surface area contributed by atoms with Gasteiger partial charge in [-0.3, -0.25) is 9.59 Å². The maximum atomic E-state index is 12.5. The van der Waals surface area contributed by atoms with E-state index < -0.39 is 5.97 Å². The van der Waals surface area contributed by atoms with E-state index in [9.17, 15) is 9.59 Å². The molecule has 0 amide bonds. The van der Waals surface area contributed by atoms with Crippen molar-refractivity contribution in [2.45, 2.75) is 219 Å². The summed E-state index contributed by atoms with van der Waals surface area (Å²) in [6.07, 6.45) is 45.3. The predicted molar refractivity (Wildman–Crippen MR) is 190 cm³/mol. The molecule has 0 aliphatic carbocycles. The van der Waals surface area contributed by atoms with Crippen LogP contribution in [0, 0.1) is 0 Å². The fourth-order valence-corrected chi connectivity index (χ4v) is 5.79. The zero-order valence-electron chi connectivity index (χ0n) is 29.5. The number of hydrogen-bond acceptors (Lipinski definition) is 3. The Balaban J connectivity index is 3.59. The number of carboxylic acid groups (broad SMARTS) is 1. The second-order valence-electron chi connectivity index (χ2n) is 13.1. The van der Waals surface area contributed by atoms with Crippen molar-refractivity contribution >= 4 is 11.9 Å². The standard InChI is InChI=1S/C40H74O4/c1-3-5-7-8-9-10-11-12-13-14-15-16-17-18-19-20-21-22-27-30-33-37-40(43)44-38(34-6-4-2)35-31-28-25-23-24-26-29-32-36-39(41)42/h9-10,12-13,38H,3-8,11,14-37H2,1-2H3,(H,41,42)/b10-9-,13-12-. The first-order chi connectivity index (χ1) is 21.6. The van der Waals surface area contributed by atoms with Crippen LogP contribution in [0.4, 0.5) is 0 Å². The van der Waals surface area contributed by atoms with E-state index in [0.717, 1.165) is 70.6 Å². The number of unbranched alkanes of at least 4 members (excludes halogenated alkanes) is 22. The molecule has 1 atom stereocenters. The lowest BCUT2D eigenvalue weighted by molar-refractivity contribution is -0.150. The molecule has 0 rings (SSSR count). The molecule has 0 saturated heterocycles. The lowest BCUT2D eigenvalue weighted by Crippen LogP contribution is -2.18. The minimum absolute atomic E-state index is 0.0117. The van der Waals surface area contributed by atoms with Gasteiger partial charge < -0.3 is 9.84 Å². The minimum atomic E-state index is -0.684. The van der Waals surface area contributed by atoms with Gasteiger partial charge in [0.2, 0.25) is 0 Å². The molecule has 44 heavy (non-hydrogen) atoms. The molecule has 258 valence electrons. The van der Waals surface area contributed by atoms with Crippen molar-refractivity contribution in [3.05, 3.63) is 24.3 Å². The third kappa shape index (κ3) is 34.9. The Morgan fingerprint density at radius 2 is 0.909 bits per heavy atom. The summed E-state index contributed by atoms with van der Waals surface area (Å²) in [7, 11) is 0. The van der Waals surface area contributed by atoms with Crippen LogP contribution >= 0.6 is 0 Å². The van der Waals surface area contributed by atoms with Gasteiger partial charge in [-0.1, -0.05) is 160 Å². The summed E-state index contributed by atoms with van der Waals surface area (Å²) >= 11 is 0. The quantitative estimate of drug-likeness (QED) is 0.0436. The smallest absolute Gasteiger partial charge is 0.306 e. The Labute approximate surface area is 274 Å². The Morgan fingerprint density at radius 3 is 1.41 bits per heavy atom. The average Bonchev–Trinajstić information content (AvgIpc) is 3.01. The lowest BCUT2D eigenvalue weighted by Gasteiger charge is -2.18. The van der Waals surface area contributed by atoms with Crippen LogP contribution in [0.2, 0.25) is 0 Å². The Hall–Kier alpha value is -1.58. The number of carboxylic acids is 1. The number of esters is 1. The zero-order chi connectivity index (χ0) is 32.2. The monoisotopic (exact) mass is 619 g/mol. The van der Waals surface area contributed by atoms with Crippen LogP contribution in [0.25, 0.3) is 0 Å². The second-order valence-corrected chi connectivity index (χ2v) is 13.1. The summed E-state index contributed by atoms with van der Waals surface area (Å²) in [6, 6.07) is 0. The summed E-state index contributed by atoms with van der Waals surface area (Å²) in [6.45, 7) is 4.46. The highest BCUT2D eigenvalue weighted by Crippen LogP contribution is 2.18. The molecule has 4 nitrogen and oxygen atoms in total. The number of hydrogen-bond donors (Lipinski definition) is 1. The van der Waals surface area contributed by atoms with Gasteiger partial charge in [-0.25, -0.2) is 0 Å². The number of ether oxygens (including phenoxy) is 1. The second kappa shape index (κ2) is 35.9. The van der Waals surface area contributed by atoms with Gasteiger partial charge in [0.25, 0.3) is 0 Å². The van der Waals surface area contributed by atoms with Crippen molar-refractivity contribution in [2.75, 3.05) is 0 Å². The summed E-state index contributed by atoms with van der Waals surface area (Å²) in [5.41, 5.74) is 0. The van der Waals surface area contributed by atoms with Crippen molar-refractivity contribution in [1.29, 1.82) is 0 Å². The van der Waals surface area contributed by atoms with E-state index in [2.05, 4.69) is 38.2 Å². The van der Waals surface area contributed by atoms with Gasteiger partial charge in [0, 0.05) is 12.8 Å². The fraction of sp³-hybridized carbons (Fsp3) is 0.850. The molecule has 0 aromatic carbocycles. The molecule has 0 aromatic heterocycles. The SMILES string of the molecule is CCCCC/C=C\C/C=C\CCCCCCCCCCCCCC(=O)OC(CCCC)CCCCCCCCCCC(=O)O. The summed E-state index contributed by atoms with van der Waals surface area (Å²) in [4.78, 5) is 23.0. The largest absolute Gasteiger partial charge is 0.481 e. The van der Waals surface area contributed by atoms with Crippen LogP contribution < -0.4 is 0 Å². The highest BCUT2D eigenvalue weighted by atomic mass is 16.5. The highest BCUT2D eigenvalue weighted by Gasteiger charge is 2.14. The minimum Gasteiger partial charge on any atom is -0.481 e. The molecule has 1 unspecified atom stereocenters. The summed E-state index contributed by atoms with van der Waals surface area (Å²) in [5.74, 6) is -0.672. The van der Waals surface area contributed by atoms with E-state index in [4.69, 9.17) is 9.84 Å². The van der Waals surface area contributed by atoms with E-state index >= 15 is 0 Å². The molecule has 0 aromatic rings. The van der Waals surface area contributed by atoms with Crippen LogP contribution in [-0.2, 0) is 14.3 Å². The van der Waals surface area contributed by atoms with Crippen molar-refractivity contribution in [3.63, 3.8) is 0 Å². The van der Waals surface area contributed by atoms with Gasteiger partial charge in [0.15, 0.2) is 0 Å². The van der Waals surface area contributed by atoms with Gasteiger partial charge in [-0.05, 0) is 64.2 Å². The highest BCUT2D eigenvalue weighted by molar-refractivity contribution is 5.69. The van der Waals surface area contributed by atoms with Gasteiger partial charge in [-0.2, -0.15) is 0 Å². The molecule has 4 heteroatoms. The van der Waals surface area contributed by atoms with Crippen LogP contribution in [0.3, 0.4) is 0 Å². The first kappa shape index (κ1) is 42.4. The van der Waals surface area contributed by atoms with Crippen molar-refractivity contribution < 1.29 is 19.4 Å². The van der Waals surface area contributed by atoms with E-state index in [1.54, 1.807) is 0 Å². The summed E-state index contributed by atoms with van der Waals surface area (Å²) < 4.78 is 5.89. The molecule has 0 spiro atoms. The van der Waals surface area contributed by atoms with E-state index in [0.29, 0.717) is 12.8 Å². The normalized spacial score (nSPS) is 12.4. The van der Waals surface area contributed by atoms with Crippen LogP contribution in [0.15, 0.2) is 24.3 Å². The van der Waals surface area contributed by atoms with E-state index in [1.165, 1.54) is 116 Å². The maximum absolute atomic E-state index is 12.5. The molecule has 0 heterocycles. The number of aliphatic carboxylic acids is 1. The molecule has 0 saturated carbocycles. The van der Waals surface area contributed by atoms with Crippen molar-refractivity contribution in [2.24, 2.45) is 0 Å². The number of carbonyl (C=O) groups excluding carboxylic acids is 1. The number of carbonyl (C=O) groups is 2. The molecular formula is C40H74O4. The van der Waals surface area contributed by atoms with E-state index in [1.807, 2.05) is 0 Å². The van der Waals surface area contributed by atoms with Gasteiger partial charge in [-0.15, -0.1) is 0 Å². The maximum Gasteiger partial charge on any atom is 0.306 e. The third-order valence-electron chi connectivity index (χ3n) is 8.68. The molecular weight excluding hydrogens is 544 g/mol. The number of allylic oxidation sites excluding steroid dienone is 4. The zero-order valence-corrected chi connectivity index (χ0v) is 29.5. The van der Waals surface area contributed by atoms with Gasteiger partial charge in [0.05, 0.1) is 0 Å². The van der Waals surface area contributed by atoms with Gasteiger partial charge in [0.1, 0.15) is 6.10 Å². The molecule has 0 fully saturated rings. The molecule has 0 aliphatic heterocycles.